The Morgan fingerprint density at radius 1 is 0.971 bits per heavy atom. The van der Waals surface area contributed by atoms with Gasteiger partial charge in [-0.05, 0) is 56.2 Å². The molecule has 5 aromatic rings. The molecule has 0 aliphatic heterocycles. The van der Waals surface area contributed by atoms with Crippen LogP contribution in [0.3, 0.4) is 0 Å². The van der Waals surface area contributed by atoms with E-state index >= 15 is 0 Å². The highest BCUT2D eigenvalue weighted by Crippen LogP contribution is 2.35. The molecule has 0 atom stereocenters. The van der Waals surface area contributed by atoms with E-state index in [4.69, 9.17) is 4.98 Å². The van der Waals surface area contributed by atoms with Gasteiger partial charge >= 0.3 is 0 Å². The molecule has 1 amide bonds. The fraction of sp³-hybridized carbons (Fsp3) is 0.250. The van der Waals surface area contributed by atoms with Crippen molar-refractivity contribution in [1.82, 2.24) is 14.1 Å². The van der Waals surface area contributed by atoms with E-state index in [1.165, 1.54) is 10.9 Å². The second-order valence-electron chi connectivity index (χ2n) is 8.99. The molecule has 0 unspecified atom stereocenters. The van der Waals surface area contributed by atoms with Crippen LogP contribution in [0.1, 0.15) is 38.1 Å². The molecule has 6 rings (SSSR count). The Kier molecular flexibility index (Phi) is 4.94. The standard InChI is InChI=1S/C28H26N4O2/c1-2-31-24-10-6-4-7-20(24)22-17-18(11-14-25(22)31)29-27(33)16-15-26-30-23-9-5-3-8-21(23)28(34)32(26)19-12-13-19/h3-11,14,17,19H,2,12-13,15-16H2,1H3,(H,29,33). The summed E-state index contributed by atoms with van der Waals surface area (Å²) >= 11 is 0. The number of fused-ring (bicyclic) bond motifs is 4. The molecule has 0 radical (unpaired) electrons. The van der Waals surface area contributed by atoms with Crippen molar-refractivity contribution >= 4 is 44.3 Å². The summed E-state index contributed by atoms with van der Waals surface area (Å²) in [6.07, 6.45) is 2.68. The Balaban J connectivity index is 1.26. The number of anilines is 1. The Bertz CT molecular complexity index is 1620. The monoisotopic (exact) mass is 450 g/mol. The van der Waals surface area contributed by atoms with Crippen molar-refractivity contribution in [2.75, 3.05) is 5.32 Å². The van der Waals surface area contributed by atoms with Gasteiger partial charge in [-0.3, -0.25) is 14.2 Å². The van der Waals surface area contributed by atoms with Gasteiger partial charge in [0.25, 0.3) is 5.56 Å². The number of carbonyl (C=O) groups excluding carboxylic acids is 1. The molecule has 34 heavy (non-hydrogen) atoms. The lowest BCUT2D eigenvalue weighted by Gasteiger charge is -2.13. The van der Waals surface area contributed by atoms with Gasteiger partial charge in [0.05, 0.1) is 10.9 Å². The lowest BCUT2D eigenvalue weighted by molar-refractivity contribution is -0.116. The van der Waals surface area contributed by atoms with Crippen molar-refractivity contribution in [3.8, 4) is 0 Å². The van der Waals surface area contributed by atoms with E-state index in [0.717, 1.165) is 36.0 Å². The van der Waals surface area contributed by atoms with Crippen LogP contribution in [-0.4, -0.2) is 20.0 Å². The third-order valence-electron chi connectivity index (χ3n) is 6.74. The number of carbonyl (C=O) groups is 1. The van der Waals surface area contributed by atoms with E-state index in [9.17, 15) is 9.59 Å². The molecule has 6 heteroatoms. The van der Waals surface area contributed by atoms with Gasteiger partial charge in [-0.25, -0.2) is 4.98 Å². The lowest BCUT2D eigenvalue weighted by atomic mass is 10.1. The highest BCUT2D eigenvalue weighted by atomic mass is 16.1. The highest BCUT2D eigenvalue weighted by Gasteiger charge is 2.28. The molecule has 0 bridgehead atoms. The molecular weight excluding hydrogens is 424 g/mol. The van der Waals surface area contributed by atoms with E-state index < -0.39 is 0 Å². The van der Waals surface area contributed by atoms with Gasteiger partial charge < -0.3 is 9.88 Å². The fourth-order valence-corrected chi connectivity index (χ4v) is 5.00. The van der Waals surface area contributed by atoms with Gasteiger partial charge in [-0.1, -0.05) is 30.3 Å². The van der Waals surface area contributed by atoms with Crippen LogP contribution >= 0.6 is 0 Å². The topological polar surface area (TPSA) is 68.9 Å². The number of amides is 1. The first-order chi connectivity index (χ1) is 16.6. The minimum absolute atomic E-state index is 0.00118. The van der Waals surface area contributed by atoms with Crippen LogP contribution in [0.5, 0.6) is 0 Å². The molecule has 2 heterocycles. The summed E-state index contributed by atoms with van der Waals surface area (Å²) < 4.78 is 4.10. The molecule has 0 saturated heterocycles. The van der Waals surface area contributed by atoms with Crippen LogP contribution in [0.25, 0.3) is 32.7 Å². The Hall–Kier alpha value is -3.93. The Morgan fingerprint density at radius 2 is 1.71 bits per heavy atom. The first-order valence-electron chi connectivity index (χ1n) is 11.9. The number of para-hydroxylation sites is 2. The van der Waals surface area contributed by atoms with Gasteiger partial charge in [0, 0.05) is 52.9 Å². The Labute approximate surface area is 196 Å². The molecule has 0 spiro atoms. The number of nitrogens with one attached hydrogen (secondary N) is 1. The number of nitrogens with zero attached hydrogens (tertiary/aromatic N) is 3. The smallest absolute Gasteiger partial charge is 0.261 e. The zero-order chi connectivity index (χ0) is 23.2. The second kappa shape index (κ2) is 8.13. The quantitative estimate of drug-likeness (QED) is 0.375. The fourth-order valence-electron chi connectivity index (χ4n) is 5.00. The molecule has 6 nitrogen and oxygen atoms in total. The zero-order valence-electron chi connectivity index (χ0n) is 19.1. The van der Waals surface area contributed by atoms with Crippen molar-refractivity contribution in [3.63, 3.8) is 0 Å². The van der Waals surface area contributed by atoms with Crippen LogP contribution in [0.4, 0.5) is 5.69 Å². The number of benzene rings is 3. The van der Waals surface area contributed by atoms with Crippen LogP contribution < -0.4 is 10.9 Å². The predicted octanol–water partition coefficient (Wildman–Crippen LogP) is 5.43. The maximum Gasteiger partial charge on any atom is 0.261 e. The first-order valence-corrected chi connectivity index (χ1v) is 11.9. The van der Waals surface area contributed by atoms with Crippen molar-refractivity contribution in [3.05, 3.63) is 82.9 Å². The summed E-state index contributed by atoms with van der Waals surface area (Å²) in [5, 5.41) is 6.01. The van der Waals surface area contributed by atoms with E-state index in [1.807, 2.05) is 36.4 Å². The van der Waals surface area contributed by atoms with Crippen LogP contribution in [-0.2, 0) is 17.8 Å². The number of hydrogen-bond donors (Lipinski definition) is 1. The number of aromatic nitrogens is 3. The minimum atomic E-state index is -0.0802. The van der Waals surface area contributed by atoms with E-state index in [2.05, 4.69) is 47.1 Å². The summed E-state index contributed by atoms with van der Waals surface area (Å²) in [6.45, 7) is 3.03. The summed E-state index contributed by atoms with van der Waals surface area (Å²) in [4.78, 5) is 30.6. The number of rotatable bonds is 6. The van der Waals surface area contributed by atoms with E-state index in [0.29, 0.717) is 23.1 Å². The maximum absolute atomic E-state index is 13.0. The molecule has 1 aliphatic rings. The predicted molar refractivity (Wildman–Crippen MR) is 136 cm³/mol. The Morgan fingerprint density at radius 3 is 2.50 bits per heavy atom. The summed E-state index contributed by atoms with van der Waals surface area (Å²) in [7, 11) is 0. The number of hydrogen-bond acceptors (Lipinski definition) is 3. The van der Waals surface area contributed by atoms with Crippen LogP contribution in [0.15, 0.2) is 71.5 Å². The van der Waals surface area contributed by atoms with Gasteiger partial charge in [-0.15, -0.1) is 0 Å². The van der Waals surface area contributed by atoms with Crippen molar-refractivity contribution in [2.24, 2.45) is 0 Å². The molecule has 1 aliphatic carbocycles. The molecule has 1 fully saturated rings. The average Bonchev–Trinajstić information content (AvgIpc) is 3.64. The van der Waals surface area contributed by atoms with Crippen molar-refractivity contribution in [1.29, 1.82) is 0 Å². The largest absolute Gasteiger partial charge is 0.341 e. The third-order valence-corrected chi connectivity index (χ3v) is 6.74. The van der Waals surface area contributed by atoms with Gasteiger partial charge in [-0.2, -0.15) is 0 Å². The summed E-state index contributed by atoms with van der Waals surface area (Å²) in [6, 6.07) is 22.1. The summed E-state index contributed by atoms with van der Waals surface area (Å²) in [5.74, 6) is 0.617. The molecule has 170 valence electrons. The minimum Gasteiger partial charge on any atom is -0.341 e. The van der Waals surface area contributed by atoms with Crippen LogP contribution in [0, 0.1) is 0 Å². The lowest BCUT2D eigenvalue weighted by Crippen LogP contribution is -2.25. The zero-order valence-corrected chi connectivity index (χ0v) is 19.1. The second-order valence-corrected chi connectivity index (χ2v) is 8.99. The van der Waals surface area contributed by atoms with Crippen molar-refractivity contribution < 1.29 is 4.79 Å². The molecule has 1 saturated carbocycles. The van der Waals surface area contributed by atoms with Crippen LogP contribution in [0.2, 0.25) is 0 Å². The average molecular weight is 451 g/mol. The van der Waals surface area contributed by atoms with E-state index in [-0.39, 0.29) is 23.9 Å². The number of aryl methyl sites for hydroxylation is 2. The van der Waals surface area contributed by atoms with E-state index in [1.54, 1.807) is 4.57 Å². The van der Waals surface area contributed by atoms with Gasteiger partial charge in [0.15, 0.2) is 0 Å². The highest BCUT2D eigenvalue weighted by molar-refractivity contribution is 6.09. The van der Waals surface area contributed by atoms with Gasteiger partial charge in [0.1, 0.15) is 5.82 Å². The molecule has 3 aromatic carbocycles. The first kappa shape index (κ1) is 20.7. The SMILES string of the molecule is CCn1c2ccccc2c2cc(NC(=O)CCc3nc4ccccc4c(=O)n3C3CC3)ccc21. The maximum atomic E-state index is 13.0. The summed E-state index contributed by atoms with van der Waals surface area (Å²) in [5.41, 5.74) is 3.83. The normalized spacial score (nSPS) is 13.7. The molecule has 1 N–H and O–H groups in total. The molecular formula is C28H26N4O2. The third kappa shape index (κ3) is 3.46. The van der Waals surface area contributed by atoms with Crippen molar-refractivity contribution in [2.45, 2.75) is 45.2 Å². The molecule has 2 aromatic heterocycles. The van der Waals surface area contributed by atoms with Gasteiger partial charge in [0.2, 0.25) is 5.91 Å².